The molecule has 1 aliphatic carbocycles. The fraction of sp³-hybridized carbons (Fsp3) is 0.462. The molecular formula is C26H36N4O3. The topological polar surface area (TPSA) is 96.7 Å². The van der Waals surface area contributed by atoms with Crippen molar-refractivity contribution in [3.05, 3.63) is 58.8 Å². The molecule has 7 heteroatoms. The first-order valence-electron chi connectivity index (χ1n) is 11.5. The molecule has 0 atom stereocenters. The molecule has 2 aliphatic rings. The van der Waals surface area contributed by atoms with Gasteiger partial charge in [0.2, 0.25) is 5.91 Å². The van der Waals surface area contributed by atoms with Crippen molar-refractivity contribution in [3.8, 4) is 5.75 Å². The number of rotatable bonds is 6. The van der Waals surface area contributed by atoms with Crippen molar-refractivity contribution < 1.29 is 14.3 Å². The van der Waals surface area contributed by atoms with E-state index < -0.39 is 0 Å². The van der Waals surface area contributed by atoms with Crippen molar-refractivity contribution in [2.45, 2.75) is 52.5 Å². The highest BCUT2D eigenvalue weighted by atomic mass is 16.5. The number of carbonyl (C=O) groups is 2. The van der Waals surface area contributed by atoms with Gasteiger partial charge in [0.05, 0.1) is 13.7 Å². The number of benzene rings is 1. The number of hydrogen-bond acceptors (Lipinski definition) is 4. The zero-order valence-electron chi connectivity index (χ0n) is 20.2. The minimum Gasteiger partial charge on any atom is -0.496 e. The van der Waals surface area contributed by atoms with Gasteiger partial charge in [-0.1, -0.05) is 18.7 Å². The third-order valence-corrected chi connectivity index (χ3v) is 6.82. The van der Waals surface area contributed by atoms with Crippen molar-refractivity contribution >= 4 is 17.6 Å². The highest BCUT2D eigenvalue weighted by Gasteiger charge is 2.35. The van der Waals surface area contributed by atoms with Gasteiger partial charge in [-0.2, -0.15) is 0 Å². The van der Waals surface area contributed by atoms with Crippen LogP contribution < -0.4 is 21.1 Å². The summed E-state index contributed by atoms with van der Waals surface area (Å²) >= 11 is 0. The van der Waals surface area contributed by atoms with Crippen LogP contribution in [0.4, 0.5) is 10.5 Å². The first kappa shape index (κ1) is 24.6. The summed E-state index contributed by atoms with van der Waals surface area (Å²) in [6.45, 7) is 10.7. The number of urea groups is 1. The molecule has 3 amide bonds. The van der Waals surface area contributed by atoms with Gasteiger partial charge >= 0.3 is 6.03 Å². The highest BCUT2D eigenvalue weighted by Crippen LogP contribution is 2.32. The maximum atomic E-state index is 12.9. The van der Waals surface area contributed by atoms with E-state index in [2.05, 4.69) is 17.2 Å². The molecule has 1 heterocycles. The van der Waals surface area contributed by atoms with Crippen LogP contribution in [0.3, 0.4) is 0 Å². The molecule has 1 aromatic carbocycles. The zero-order valence-corrected chi connectivity index (χ0v) is 20.2. The van der Waals surface area contributed by atoms with Crippen LogP contribution in [-0.4, -0.2) is 43.1 Å². The van der Waals surface area contributed by atoms with E-state index in [0.717, 1.165) is 65.1 Å². The van der Waals surface area contributed by atoms with Crippen molar-refractivity contribution in [1.29, 1.82) is 0 Å². The molecule has 0 bridgehead atoms. The Labute approximate surface area is 196 Å². The SMILES string of the molecule is C=C/C(C)=C1/CN(C2CCC(C(=O)Nc3ccc(C)c(OC)c3)CC2)C(=O)N/C1=C(/C)CN. The van der Waals surface area contributed by atoms with Crippen LogP contribution in [0.15, 0.2) is 53.3 Å². The fourth-order valence-corrected chi connectivity index (χ4v) is 4.57. The lowest BCUT2D eigenvalue weighted by Crippen LogP contribution is -2.53. The molecule has 1 aromatic rings. The van der Waals surface area contributed by atoms with Gasteiger partial charge in [-0.05, 0) is 74.8 Å². The van der Waals surface area contributed by atoms with Crippen molar-refractivity contribution in [2.24, 2.45) is 11.7 Å². The molecule has 1 saturated heterocycles. The van der Waals surface area contributed by atoms with Gasteiger partial charge < -0.3 is 26.0 Å². The predicted molar refractivity (Wildman–Crippen MR) is 132 cm³/mol. The Morgan fingerprint density at radius 3 is 2.61 bits per heavy atom. The van der Waals surface area contributed by atoms with E-state index >= 15 is 0 Å². The standard InChI is InChI=1S/C26H36N4O3/c1-6-16(2)22-15-30(26(32)29-24(22)18(4)14-27)21-11-8-19(9-12-21)25(31)28-20-10-7-17(3)23(13-20)33-5/h6-7,10,13,19,21H,1,8-9,11-12,14-15,27H2,2-5H3,(H,28,31)(H,29,32)/b22-16-,24-18-. The van der Waals surface area contributed by atoms with E-state index in [1.54, 1.807) is 7.11 Å². The van der Waals surface area contributed by atoms with E-state index in [-0.39, 0.29) is 23.9 Å². The van der Waals surface area contributed by atoms with E-state index in [1.807, 2.05) is 49.9 Å². The smallest absolute Gasteiger partial charge is 0.322 e. The minimum absolute atomic E-state index is 0.0225. The van der Waals surface area contributed by atoms with Crippen molar-refractivity contribution in [3.63, 3.8) is 0 Å². The van der Waals surface area contributed by atoms with Gasteiger partial charge in [-0.15, -0.1) is 0 Å². The lowest BCUT2D eigenvalue weighted by Gasteiger charge is -2.41. The Balaban J connectivity index is 1.65. The number of nitrogens with zero attached hydrogens (tertiary/aromatic N) is 1. The summed E-state index contributed by atoms with van der Waals surface area (Å²) in [7, 11) is 1.62. The van der Waals surface area contributed by atoms with Gasteiger partial charge in [0.15, 0.2) is 0 Å². The fourth-order valence-electron chi connectivity index (χ4n) is 4.57. The molecule has 7 nitrogen and oxygen atoms in total. The number of amides is 3. The molecule has 0 unspecified atom stereocenters. The Hall–Kier alpha value is -3.06. The number of nitrogens with one attached hydrogen (secondary N) is 2. The molecule has 0 aromatic heterocycles. The summed E-state index contributed by atoms with van der Waals surface area (Å²) in [5, 5.41) is 6.07. The third-order valence-electron chi connectivity index (χ3n) is 6.82. The normalized spacial score (nSPS) is 24.0. The molecule has 1 saturated carbocycles. The minimum atomic E-state index is -0.0990. The Kier molecular flexibility index (Phi) is 7.97. The second-order valence-corrected chi connectivity index (χ2v) is 8.96. The van der Waals surface area contributed by atoms with Crippen LogP contribution in [0.25, 0.3) is 0 Å². The molecule has 178 valence electrons. The van der Waals surface area contributed by atoms with Crippen molar-refractivity contribution in [2.75, 3.05) is 25.5 Å². The lowest BCUT2D eigenvalue weighted by molar-refractivity contribution is -0.121. The summed E-state index contributed by atoms with van der Waals surface area (Å²) in [6.07, 6.45) is 4.88. The number of ether oxygens (including phenoxy) is 1. The Morgan fingerprint density at radius 2 is 2.00 bits per heavy atom. The number of anilines is 1. The maximum Gasteiger partial charge on any atom is 0.322 e. The van der Waals surface area contributed by atoms with Gasteiger partial charge in [0.1, 0.15) is 5.75 Å². The molecule has 3 rings (SSSR count). The van der Waals surface area contributed by atoms with E-state index in [0.29, 0.717) is 13.1 Å². The molecule has 4 N–H and O–H groups in total. The van der Waals surface area contributed by atoms with Crippen LogP contribution in [0.2, 0.25) is 0 Å². The largest absolute Gasteiger partial charge is 0.496 e. The molecule has 33 heavy (non-hydrogen) atoms. The molecular weight excluding hydrogens is 416 g/mol. The van der Waals surface area contributed by atoms with Gasteiger partial charge in [-0.25, -0.2) is 4.79 Å². The first-order valence-corrected chi connectivity index (χ1v) is 11.5. The van der Waals surface area contributed by atoms with E-state index in [4.69, 9.17) is 10.5 Å². The summed E-state index contributed by atoms with van der Waals surface area (Å²) < 4.78 is 5.35. The second-order valence-electron chi connectivity index (χ2n) is 8.96. The van der Waals surface area contributed by atoms with Gasteiger partial charge in [0, 0.05) is 36.0 Å². The molecule has 0 spiro atoms. The van der Waals surface area contributed by atoms with E-state index in [1.165, 1.54) is 0 Å². The summed E-state index contributed by atoms with van der Waals surface area (Å²) in [5.41, 5.74) is 11.5. The first-order chi connectivity index (χ1) is 15.8. The van der Waals surface area contributed by atoms with Crippen LogP contribution in [0.1, 0.15) is 45.1 Å². The maximum absolute atomic E-state index is 12.9. The molecule has 1 aliphatic heterocycles. The van der Waals surface area contributed by atoms with Gasteiger partial charge in [0.25, 0.3) is 0 Å². The Morgan fingerprint density at radius 1 is 1.30 bits per heavy atom. The third kappa shape index (κ3) is 5.47. The second kappa shape index (κ2) is 10.7. The molecule has 2 fully saturated rings. The predicted octanol–water partition coefficient (Wildman–Crippen LogP) is 4.26. The summed E-state index contributed by atoms with van der Waals surface area (Å²) in [4.78, 5) is 27.7. The number of allylic oxidation sites excluding steroid dienone is 2. The zero-order chi connectivity index (χ0) is 24.1. The van der Waals surface area contributed by atoms with Crippen LogP contribution in [0, 0.1) is 12.8 Å². The van der Waals surface area contributed by atoms with Gasteiger partial charge in [-0.3, -0.25) is 4.79 Å². The average Bonchev–Trinajstić information content (AvgIpc) is 2.84. The average molecular weight is 453 g/mol. The number of carbonyl (C=O) groups excluding carboxylic acids is 2. The summed E-state index contributed by atoms with van der Waals surface area (Å²) in [6, 6.07) is 5.68. The van der Waals surface area contributed by atoms with Crippen LogP contribution in [0.5, 0.6) is 5.75 Å². The van der Waals surface area contributed by atoms with Crippen LogP contribution in [-0.2, 0) is 4.79 Å². The number of aryl methyl sites for hydroxylation is 1. The van der Waals surface area contributed by atoms with E-state index in [9.17, 15) is 9.59 Å². The highest BCUT2D eigenvalue weighted by molar-refractivity contribution is 5.93. The molecule has 0 radical (unpaired) electrons. The van der Waals surface area contributed by atoms with Crippen LogP contribution >= 0.6 is 0 Å². The quantitative estimate of drug-likeness (QED) is 0.601. The lowest BCUT2D eigenvalue weighted by atomic mass is 9.84. The Bertz CT molecular complexity index is 987. The monoisotopic (exact) mass is 452 g/mol. The number of nitrogens with two attached hydrogens (primary N) is 1. The number of methoxy groups -OCH3 is 1. The van der Waals surface area contributed by atoms with Crippen molar-refractivity contribution in [1.82, 2.24) is 10.2 Å². The number of hydrogen-bond donors (Lipinski definition) is 3. The summed E-state index contributed by atoms with van der Waals surface area (Å²) in [5.74, 6) is 0.709.